The highest BCUT2D eigenvalue weighted by Gasteiger charge is 2.40. The number of amides is 1. The first-order valence-electron chi connectivity index (χ1n) is 7.40. The molecule has 1 amide bonds. The van der Waals surface area contributed by atoms with Gasteiger partial charge in [0.15, 0.2) is 11.9 Å². The monoisotopic (exact) mass is 289 g/mol. The summed E-state index contributed by atoms with van der Waals surface area (Å²) in [4.78, 5) is 26.5. The zero-order valence-corrected chi connectivity index (χ0v) is 12.9. The lowest BCUT2D eigenvalue weighted by Crippen LogP contribution is -2.46. The maximum atomic E-state index is 12.5. The number of aliphatic hydroxyl groups is 1. The minimum absolute atomic E-state index is 0.0635. The number of ketones is 1. The zero-order chi connectivity index (χ0) is 15.6. The molecule has 2 rings (SSSR count). The fourth-order valence-electron chi connectivity index (χ4n) is 2.74. The molecule has 1 saturated heterocycles. The Hall–Kier alpha value is -1.68. The van der Waals surface area contributed by atoms with Gasteiger partial charge >= 0.3 is 0 Å². The van der Waals surface area contributed by atoms with E-state index < -0.39 is 17.6 Å². The number of rotatable bonds is 3. The van der Waals surface area contributed by atoms with Gasteiger partial charge in [0.1, 0.15) is 0 Å². The standard InChI is InChI=1S/C17H23NO3/c1-17(2,3)15(20)13-10-7-11-18(13)16(21)14(19)12-8-5-4-6-9-12/h4-6,8-9,13-14,19H,7,10-11H2,1-3H3/t13-,14-/m0/s1. The molecule has 1 aromatic rings. The van der Waals surface area contributed by atoms with Crippen LogP contribution in [0.25, 0.3) is 0 Å². The minimum atomic E-state index is -1.19. The van der Waals surface area contributed by atoms with Gasteiger partial charge in [-0.15, -0.1) is 0 Å². The molecule has 4 heteroatoms. The van der Waals surface area contributed by atoms with Crippen molar-refractivity contribution in [2.45, 2.75) is 45.8 Å². The number of benzene rings is 1. The highest BCUT2D eigenvalue weighted by Crippen LogP contribution is 2.29. The average molecular weight is 289 g/mol. The molecule has 1 N–H and O–H groups in total. The summed E-state index contributed by atoms with van der Waals surface area (Å²) in [7, 11) is 0. The van der Waals surface area contributed by atoms with E-state index in [1.54, 1.807) is 29.2 Å². The quantitative estimate of drug-likeness (QED) is 0.929. The van der Waals surface area contributed by atoms with Crippen LogP contribution in [0.5, 0.6) is 0 Å². The summed E-state index contributed by atoms with van der Waals surface area (Å²) in [6, 6.07) is 8.44. The van der Waals surface area contributed by atoms with Crippen molar-refractivity contribution >= 4 is 11.7 Å². The van der Waals surface area contributed by atoms with E-state index in [9.17, 15) is 14.7 Å². The summed E-state index contributed by atoms with van der Waals surface area (Å²) in [5.74, 6) is -0.310. The predicted molar refractivity (Wildman–Crippen MR) is 80.6 cm³/mol. The highest BCUT2D eigenvalue weighted by atomic mass is 16.3. The predicted octanol–water partition coefficient (Wildman–Crippen LogP) is 2.33. The van der Waals surface area contributed by atoms with Crippen molar-refractivity contribution in [1.82, 2.24) is 4.90 Å². The van der Waals surface area contributed by atoms with E-state index >= 15 is 0 Å². The molecule has 1 fully saturated rings. The maximum absolute atomic E-state index is 12.5. The van der Waals surface area contributed by atoms with Gasteiger partial charge in [-0.2, -0.15) is 0 Å². The molecule has 0 aliphatic carbocycles. The molecule has 2 atom stereocenters. The normalized spacial score (nSPS) is 20.4. The molecule has 0 saturated carbocycles. The smallest absolute Gasteiger partial charge is 0.256 e. The molecule has 21 heavy (non-hydrogen) atoms. The topological polar surface area (TPSA) is 57.6 Å². The van der Waals surface area contributed by atoms with Gasteiger partial charge in [0.05, 0.1) is 6.04 Å². The second-order valence-corrected chi connectivity index (χ2v) is 6.62. The Bertz CT molecular complexity index is 519. The van der Waals surface area contributed by atoms with Crippen molar-refractivity contribution in [2.24, 2.45) is 5.41 Å². The molecule has 0 spiro atoms. The van der Waals surface area contributed by atoms with E-state index in [1.807, 2.05) is 26.8 Å². The minimum Gasteiger partial charge on any atom is -0.378 e. The first-order chi connectivity index (χ1) is 9.82. The van der Waals surface area contributed by atoms with E-state index in [-0.39, 0.29) is 11.7 Å². The molecule has 4 nitrogen and oxygen atoms in total. The average Bonchev–Trinajstić information content (AvgIpc) is 2.94. The SMILES string of the molecule is CC(C)(C)C(=O)[C@@H]1CCCN1C(=O)[C@@H](O)c1ccccc1. The number of carbonyl (C=O) groups is 2. The van der Waals surface area contributed by atoms with Gasteiger partial charge in [-0.3, -0.25) is 9.59 Å². The third-order valence-corrected chi connectivity index (χ3v) is 3.93. The molecule has 0 aromatic heterocycles. The van der Waals surface area contributed by atoms with Crippen molar-refractivity contribution in [3.05, 3.63) is 35.9 Å². The number of nitrogens with zero attached hydrogens (tertiary/aromatic N) is 1. The van der Waals surface area contributed by atoms with Gasteiger partial charge < -0.3 is 10.0 Å². The molecule has 0 unspecified atom stereocenters. The Balaban J connectivity index is 2.16. The largest absolute Gasteiger partial charge is 0.378 e. The molecular weight excluding hydrogens is 266 g/mol. The van der Waals surface area contributed by atoms with Gasteiger partial charge in [-0.1, -0.05) is 51.1 Å². The summed E-state index contributed by atoms with van der Waals surface area (Å²) in [6.07, 6.45) is 0.294. The Labute approximate surface area is 125 Å². The van der Waals surface area contributed by atoms with Crippen LogP contribution in [0.15, 0.2) is 30.3 Å². The third kappa shape index (κ3) is 3.32. The van der Waals surface area contributed by atoms with E-state index in [0.717, 1.165) is 6.42 Å². The first kappa shape index (κ1) is 15.7. The fraction of sp³-hybridized carbons (Fsp3) is 0.529. The third-order valence-electron chi connectivity index (χ3n) is 3.93. The van der Waals surface area contributed by atoms with E-state index in [2.05, 4.69) is 0 Å². The lowest BCUT2D eigenvalue weighted by molar-refractivity contribution is -0.147. The Morgan fingerprint density at radius 3 is 2.43 bits per heavy atom. The lowest BCUT2D eigenvalue weighted by atomic mass is 9.85. The molecule has 1 heterocycles. The van der Waals surface area contributed by atoms with Crippen molar-refractivity contribution in [1.29, 1.82) is 0 Å². The highest BCUT2D eigenvalue weighted by molar-refractivity contribution is 5.94. The fourth-order valence-corrected chi connectivity index (χ4v) is 2.74. The summed E-state index contributed by atoms with van der Waals surface area (Å²) >= 11 is 0. The van der Waals surface area contributed by atoms with Gasteiger partial charge in [0.2, 0.25) is 0 Å². The maximum Gasteiger partial charge on any atom is 0.256 e. The van der Waals surface area contributed by atoms with Crippen LogP contribution in [0.3, 0.4) is 0 Å². The first-order valence-corrected chi connectivity index (χ1v) is 7.40. The van der Waals surface area contributed by atoms with Crippen LogP contribution in [-0.4, -0.2) is 34.3 Å². The second kappa shape index (κ2) is 5.98. The Morgan fingerprint density at radius 2 is 1.86 bits per heavy atom. The molecule has 1 aliphatic heterocycles. The number of hydrogen-bond acceptors (Lipinski definition) is 3. The van der Waals surface area contributed by atoms with E-state index in [0.29, 0.717) is 18.5 Å². The Kier molecular flexibility index (Phi) is 4.47. The van der Waals surface area contributed by atoms with Gasteiger partial charge in [0.25, 0.3) is 5.91 Å². The molecule has 1 aliphatic rings. The van der Waals surface area contributed by atoms with Crippen LogP contribution in [0.4, 0.5) is 0 Å². The van der Waals surface area contributed by atoms with E-state index in [4.69, 9.17) is 0 Å². The summed E-state index contributed by atoms with van der Waals surface area (Å²) in [5, 5.41) is 10.2. The van der Waals surface area contributed by atoms with Crippen molar-refractivity contribution < 1.29 is 14.7 Å². The molecular formula is C17H23NO3. The number of hydrogen-bond donors (Lipinski definition) is 1. The van der Waals surface area contributed by atoms with Crippen molar-refractivity contribution in [2.75, 3.05) is 6.54 Å². The van der Waals surface area contributed by atoms with Crippen LogP contribution in [-0.2, 0) is 9.59 Å². The van der Waals surface area contributed by atoms with Crippen molar-refractivity contribution in [3.63, 3.8) is 0 Å². The summed E-state index contributed by atoms with van der Waals surface area (Å²) in [5.41, 5.74) is 0.0852. The second-order valence-electron chi connectivity index (χ2n) is 6.62. The number of carbonyl (C=O) groups excluding carboxylic acids is 2. The van der Waals surface area contributed by atoms with Gasteiger partial charge in [-0.05, 0) is 18.4 Å². The van der Waals surface area contributed by atoms with Crippen LogP contribution in [0, 0.1) is 5.41 Å². The molecule has 0 radical (unpaired) electrons. The summed E-state index contributed by atoms with van der Waals surface area (Å²) < 4.78 is 0. The molecule has 1 aromatic carbocycles. The van der Waals surface area contributed by atoms with Crippen LogP contribution in [0.2, 0.25) is 0 Å². The van der Waals surface area contributed by atoms with Crippen LogP contribution in [0.1, 0.15) is 45.3 Å². The molecule has 114 valence electrons. The number of aliphatic hydroxyl groups excluding tert-OH is 1. The zero-order valence-electron chi connectivity index (χ0n) is 12.9. The number of Topliss-reactive ketones (excluding diaryl/α,β-unsaturated/α-hetero) is 1. The number of likely N-dealkylation sites (tertiary alicyclic amines) is 1. The van der Waals surface area contributed by atoms with Crippen LogP contribution < -0.4 is 0 Å². The molecule has 0 bridgehead atoms. The van der Waals surface area contributed by atoms with Crippen molar-refractivity contribution in [3.8, 4) is 0 Å². The van der Waals surface area contributed by atoms with E-state index in [1.165, 1.54) is 0 Å². The summed E-state index contributed by atoms with van der Waals surface area (Å²) in [6.45, 7) is 6.13. The van der Waals surface area contributed by atoms with Gasteiger partial charge in [-0.25, -0.2) is 0 Å². The van der Waals surface area contributed by atoms with Gasteiger partial charge in [0, 0.05) is 12.0 Å². The lowest BCUT2D eigenvalue weighted by Gasteiger charge is -2.30. The Morgan fingerprint density at radius 1 is 1.24 bits per heavy atom. The van der Waals surface area contributed by atoms with Crippen LogP contribution >= 0.6 is 0 Å².